The number of halogens is 1. The molecule has 0 aromatic carbocycles. The molecule has 0 saturated carbocycles. The fraction of sp³-hybridized carbons (Fsp3) is 0.714. The summed E-state index contributed by atoms with van der Waals surface area (Å²) in [4.78, 5) is 22.9. The summed E-state index contributed by atoms with van der Waals surface area (Å²) in [6.45, 7) is 4.49. The zero-order valence-electron chi connectivity index (χ0n) is 11.7. The van der Waals surface area contributed by atoms with Crippen molar-refractivity contribution in [2.45, 2.75) is 58.8 Å². The molecule has 0 radical (unpaired) electrons. The molecule has 0 heterocycles. The molecular formula is C14H23IO4. The molecule has 5 heteroatoms. The van der Waals surface area contributed by atoms with Gasteiger partial charge in [0.05, 0.1) is 12.2 Å². The van der Waals surface area contributed by atoms with Gasteiger partial charge in [0.25, 0.3) is 0 Å². The van der Waals surface area contributed by atoms with Gasteiger partial charge in [0.1, 0.15) is 3.58 Å². The lowest BCUT2D eigenvalue weighted by atomic mass is 10.1. The summed E-state index contributed by atoms with van der Waals surface area (Å²) < 4.78 is 5.28. The van der Waals surface area contributed by atoms with Gasteiger partial charge in [-0.15, -0.1) is 0 Å². The Morgan fingerprint density at radius 3 is 2.16 bits per heavy atom. The molecule has 1 N–H and O–H groups in total. The van der Waals surface area contributed by atoms with Crippen molar-refractivity contribution < 1.29 is 19.4 Å². The highest BCUT2D eigenvalue weighted by molar-refractivity contribution is 14.1. The molecule has 0 bridgehead atoms. The van der Waals surface area contributed by atoms with E-state index in [0.717, 1.165) is 38.5 Å². The average molecular weight is 382 g/mol. The number of unbranched alkanes of at least 4 members (excludes halogenated alkanes) is 4. The Bertz CT molecular complexity index is 323. The third-order valence-electron chi connectivity index (χ3n) is 2.71. The number of carbonyl (C=O) groups is 2. The maximum absolute atomic E-state index is 11.7. The van der Waals surface area contributed by atoms with Crippen LogP contribution >= 0.6 is 22.6 Å². The van der Waals surface area contributed by atoms with Crippen molar-refractivity contribution >= 4 is 34.5 Å². The summed E-state index contributed by atoms with van der Waals surface area (Å²) in [5, 5.41) is 9.13. The highest BCUT2D eigenvalue weighted by Crippen LogP contribution is 2.21. The van der Waals surface area contributed by atoms with Crippen molar-refractivity contribution in [1.82, 2.24) is 0 Å². The SMILES string of the molecule is CCCCCOC(=O)C(I)=C(CCCCC)C(=O)O. The lowest BCUT2D eigenvalue weighted by Gasteiger charge is -2.07. The van der Waals surface area contributed by atoms with Crippen LogP contribution in [0, 0.1) is 0 Å². The van der Waals surface area contributed by atoms with Crippen LogP contribution in [0.2, 0.25) is 0 Å². The maximum Gasteiger partial charge on any atom is 0.344 e. The first-order valence-electron chi connectivity index (χ1n) is 6.83. The van der Waals surface area contributed by atoms with E-state index < -0.39 is 11.9 Å². The first-order chi connectivity index (χ1) is 9.04. The zero-order valence-corrected chi connectivity index (χ0v) is 13.9. The molecule has 0 fully saturated rings. The largest absolute Gasteiger partial charge is 0.478 e. The predicted octanol–water partition coefficient (Wildman–Crippen LogP) is 4.07. The molecule has 4 nitrogen and oxygen atoms in total. The lowest BCUT2D eigenvalue weighted by molar-refractivity contribution is -0.139. The molecule has 0 atom stereocenters. The van der Waals surface area contributed by atoms with Gasteiger partial charge in [-0.25, -0.2) is 9.59 Å². The molecule has 0 amide bonds. The minimum atomic E-state index is -1.02. The summed E-state index contributed by atoms with van der Waals surface area (Å²) >= 11 is 1.78. The van der Waals surface area contributed by atoms with Crippen molar-refractivity contribution in [3.63, 3.8) is 0 Å². The molecule has 0 aromatic rings. The number of ether oxygens (including phenoxy) is 1. The van der Waals surface area contributed by atoms with E-state index in [2.05, 4.69) is 13.8 Å². The number of hydrogen-bond donors (Lipinski definition) is 1. The van der Waals surface area contributed by atoms with Crippen LogP contribution in [0.5, 0.6) is 0 Å². The number of esters is 1. The van der Waals surface area contributed by atoms with Crippen LogP contribution in [0.15, 0.2) is 9.15 Å². The standard InChI is InChI=1S/C14H23IO4/c1-3-5-7-9-11(13(16)17)12(15)14(18)19-10-8-6-4-2/h3-10H2,1-2H3,(H,16,17). The zero-order chi connectivity index (χ0) is 14.7. The van der Waals surface area contributed by atoms with E-state index in [1.807, 2.05) is 0 Å². The average Bonchev–Trinajstić information content (AvgIpc) is 2.38. The summed E-state index contributed by atoms with van der Waals surface area (Å²) in [6, 6.07) is 0. The van der Waals surface area contributed by atoms with E-state index in [0.29, 0.717) is 13.0 Å². The fourth-order valence-electron chi connectivity index (χ4n) is 1.57. The fourth-order valence-corrected chi connectivity index (χ4v) is 2.22. The van der Waals surface area contributed by atoms with E-state index in [1.54, 1.807) is 22.6 Å². The second-order valence-electron chi connectivity index (χ2n) is 4.40. The summed E-state index contributed by atoms with van der Waals surface area (Å²) in [7, 11) is 0. The second-order valence-corrected chi connectivity index (χ2v) is 5.48. The van der Waals surface area contributed by atoms with E-state index in [4.69, 9.17) is 9.84 Å². The first kappa shape index (κ1) is 18.4. The third-order valence-corrected chi connectivity index (χ3v) is 3.81. The van der Waals surface area contributed by atoms with Gasteiger partial charge in [-0.3, -0.25) is 0 Å². The maximum atomic E-state index is 11.7. The number of hydrogen-bond acceptors (Lipinski definition) is 3. The van der Waals surface area contributed by atoms with Gasteiger partial charge in [-0.05, 0) is 41.9 Å². The van der Waals surface area contributed by atoms with E-state index in [-0.39, 0.29) is 9.15 Å². The summed E-state index contributed by atoms with van der Waals surface area (Å²) in [5.41, 5.74) is 0.176. The minimum Gasteiger partial charge on any atom is -0.478 e. The molecule has 0 aliphatic carbocycles. The van der Waals surface area contributed by atoms with Crippen LogP contribution in [0.1, 0.15) is 58.8 Å². The molecular weight excluding hydrogens is 359 g/mol. The Morgan fingerprint density at radius 2 is 1.63 bits per heavy atom. The molecule has 0 unspecified atom stereocenters. The Balaban J connectivity index is 4.45. The van der Waals surface area contributed by atoms with Gasteiger partial charge in [0, 0.05) is 0 Å². The molecule has 0 aliphatic heterocycles. The van der Waals surface area contributed by atoms with Crippen LogP contribution in [0.3, 0.4) is 0 Å². The monoisotopic (exact) mass is 382 g/mol. The van der Waals surface area contributed by atoms with Crippen LogP contribution in [0.25, 0.3) is 0 Å². The highest BCUT2D eigenvalue weighted by Gasteiger charge is 2.19. The van der Waals surface area contributed by atoms with Crippen LogP contribution < -0.4 is 0 Å². The van der Waals surface area contributed by atoms with Crippen molar-refractivity contribution in [3.8, 4) is 0 Å². The van der Waals surface area contributed by atoms with E-state index in [1.165, 1.54) is 0 Å². The van der Waals surface area contributed by atoms with Gasteiger partial charge >= 0.3 is 11.9 Å². The Labute approximate surface area is 128 Å². The predicted molar refractivity (Wildman–Crippen MR) is 83.3 cm³/mol. The highest BCUT2D eigenvalue weighted by atomic mass is 127. The summed E-state index contributed by atoms with van der Waals surface area (Å²) in [5.74, 6) is -1.53. The Morgan fingerprint density at radius 1 is 1.05 bits per heavy atom. The molecule has 0 aliphatic rings. The van der Waals surface area contributed by atoms with E-state index >= 15 is 0 Å². The Kier molecular flexibility index (Phi) is 10.9. The van der Waals surface area contributed by atoms with Gasteiger partial charge in [-0.1, -0.05) is 39.5 Å². The van der Waals surface area contributed by atoms with Gasteiger partial charge in [0.2, 0.25) is 0 Å². The number of rotatable bonds is 10. The van der Waals surface area contributed by atoms with Gasteiger partial charge in [0.15, 0.2) is 0 Å². The van der Waals surface area contributed by atoms with Crippen molar-refractivity contribution in [2.24, 2.45) is 0 Å². The number of carbonyl (C=O) groups excluding carboxylic acids is 1. The van der Waals surface area contributed by atoms with Crippen molar-refractivity contribution in [3.05, 3.63) is 9.15 Å². The quantitative estimate of drug-likeness (QED) is 0.268. The van der Waals surface area contributed by atoms with Crippen molar-refractivity contribution in [1.29, 1.82) is 0 Å². The Hall–Kier alpha value is -0.590. The van der Waals surface area contributed by atoms with Crippen LogP contribution in [-0.2, 0) is 14.3 Å². The number of carboxylic acids is 1. The molecule has 0 rings (SSSR count). The molecule has 110 valence electrons. The first-order valence-corrected chi connectivity index (χ1v) is 7.91. The normalized spacial score (nSPS) is 11.9. The topological polar surface area (TPSA) is 63.6 Å². The molecule has 0 aromatic heterocycles. The smallest absolute Gasteiger partial charge is 0.344 e. The van der Waals surface area contributed by atoms with E-state index in [9.17, 15) is 9.59 Å². The minimum absolute atomic E-state index is 0.176. The molecule has 0 spiro atoms. The number of carboxylic acid groups (broad SMARTS) is 1. The second kappa shape index (κ2) is 11.3. The number of aliphatic carboxylic acids is 1. The summed E-state index contributed by atoms with van der Waals surface area (Å²) in [6.07, 6.45) is 6.08. The molecule has 19 heavy (non-hydrogen) atoms. The lowest BCUT2D eigenvalue weighted by Crippen LogP contribution is -2.12. The van der Waals surface area contributed by atoms with Crippen LogP contribution in [-0.4, -0.2) is 23.7 Å². The van der Waals surface area contributed by atoms with Gasteiger partial charge < -0.3 is 9.84 Å². The molecule has 0 saturated heterocycles. The van der Waals surface area contributed by atoms with Crippen LogP contribution in [0.4, 0.5) is 0 Å². The van der Waals surface area contributed by atoms with Crippen molar-refractivity contribution in [2.75, 3.05) is 6.61 Å². The van der Waals surface area contributed by atoms with Gasteiger partial charge in [-0.2, -0.15) is 0 Å². The third kappa shape index (κ3) is 8.23.